The summed E-state index contributed by atoms with van der Waals surface area (Å²) in [5.74, 6) is 0.329. The highest BCUT2D eigenvalue weighted by Crippen LogP contribution is 2.23. The average Bonchev–Trinajstić information content (AvgIpc) is 2.99. The van der Waals surface area contributed by atoms with Crippen molar-refractivity contribution in [2.75, 3.05) is 23.3 Å². The highest BCUT2D eigenvalue weighted by molar-refractivity contribution is 9.10. The number of halogens is 1. The Hall–Kier alpha value is -2.09. The Bertz CT molecular complexity index is 682. The largest absolute Gasteiger partial charge is 0.507 e. The molecule has 0 atom stereocenters. The summed E-state index contributed by atoms with van der Waals surface area (Å²) in [5, 5.41) is 19.2. The minimum absolute atomic E-state index is 0.0866. The van der Waals surface area contributed by atoms with Crippen LogP contribution < -0.4 is 10.2 Å². The number of phenolic OH excluding ortho intramolecular Hbond substituents is 1. The first-order valence-electron chi connectivity index (χ1n) is 7.11. The lowest BCUT2D eigenvalue weighted by Crippen LogP contribution is -2.30. The fourth-order valence-corrected chi connectivity index (χ4v) is 2.77. The van der Waals surface area contributed by atoms with Crippen LogP contribution in [0.2, 0.25) is 0 Å². The summed E-state index contributed by atoms with van der Waals surface area (Å²) in [6, 6.07) is 4.67. The van der Waals surface area contributed by atoms with E-state index in [2.05, 4.69) is 41.3 Å². The van der Waals surface area contributed by atoms with E-state index < -0.39 is 5.91 Å². The molecule has 1 amide bonds. The molecule has 3 rings (SSSR count). The molecule has 2 aromatic rings. The van der Waals surface area contributed by atoms with Crippen LogP contribution in [0.1, 0.15) is 29.6 Å². The van der Waals surface area contributed by atoms with Crippen molar-refractivity contribution < 1.29 is 9.90 Å². The molecule has 1 aromatic heterocycles. The molecule has 0 unspecified atom stereocenters. The number of phenols is 1. The van der Waals surface area contributed by atoms with E-state index in [1.165, 1.54) is 12.5 Å². The normalized spacial score (nSPS) is 14.9. The van der Waals surface area contributed by atoms with Crippen LogP contribution in [-0.4, -0.2) is 39.3 Å². The number of benzene rings is 1. The fourth-order valence-electron chi connectivity index (χ4n) is 2.41. The van der Waals surface area contributed by atoms with Crippen LogP contribution in [0, 0.1) is 0 Å². The van der Waals surface area contributed by atoms with E-state index in [0.717, 1.165) is 25.9 Å². The molecular formula is C14H16BrN5O2. The molecule has 0 saturated carbocycles. The van der Waals surface area contributed by atoms with Crippen LogP contribution in [-0.2, 0) is 0 Å². The molecule has 8 heteroatoms. The molecule has 0 radical (unpaired) electrons. The van der Waals surface area contributed by atoms with E-state index in [4.69, 9.17) is 0 Å². The summed E-state index contributed by atoms with van der Waals surface area (Å²) in [7, 11) is 0. The van der Waals surface area contributed by atoms with Gasteiger partial charge in [0, 0.05) is 17.6 Å². The Morgan fingerprint density at radius 3 is 2.86 bits per heavy atom. The van der Waals surface area contributed by atoms with Gasteiger partial charge in [-0.15, -0.1) is 5.10 Å². The molecule has 1 fully saturated rings. The van der Waals surface area contributed by atoms with Gasteiger partial charge in [-0.05, 0) is 37.5 Å². The second-order valence-corrected chi connectivity index (χ2v) is 6.06. The van der Waals surface area contributed by atoms with Crippen LogP contribution in [0.5, 0.6) is 5.75 Å². The number of rotatable bonds is 3. The van der Waals surface area contributed by atoms with Gasteiger partial charge in [-0.25, -0.2) is 5.10 Å². The maximum absolute atomic E-state index is 12.2. The van der Waals surface area contributed by atoms with Crippen molar-refractivity contribution in [3.63, 3.8) is 0 Å². The Balaban J connectivity index is 1.71. The molecule has 116 valence electrons. The number of aromatic amines is 1. The number of aromatic nitrogens is 3. The maximum atomic E-state index is 12.2. The summed E-state index contributed by atoms with van der Waals surface area (Å²) in [6.07, 6.45) is 3.48. The predicted octanol–water partition coefficient (Wildman–Crippen LogP) is 2.52. The minimum atomic E-state index is -0.444. The van der Waals surface area contributed by atoms with Crippen molar-refractivity contribution >= 4 is 33.7 Å². The first kappa shape index (κ1) is 14.8. The number of aromatic hydroxyl groups is 1. The lowest BCUT2D eigenvalue weighted by Gasteiger charge is -2.24. The first-order valence-corrected chi connectivity index (χ1v) is 7.90. The van der Waals surface area contributed by atoms with E-state index in [1.807, 2.05) is 0 Å². The molecular weight excluding hydrogens is 350 g/mol. The third kappa shape index (κ3) is 3.22. The van der Waals surface area contributed by atoms with Crippen LogP contribution in [0.25, 0.3) is 0 Å². The third-order valence-electron chi connectivity index (χ3n) is 3.55. The highest BCUT2D eigenvalue weighted by atomic mass is 79.9. The molecule has 0 spiro atoms. The highest BCUT2D eigenvalue weighted by Gasteiger charge is 2.17. The number of hydrogen-bond donors (Lipinski definition) is 3. The smallest absolute Gasteiger partial charge is 0.261 e. The lowest BCUT2D eigenvalue weighted by molar-refractivity contribution is 0.102. The van der Waals surface area contributed by atoms with Gasteiger partial charge in [0.15, 0.2) is 0 Å². The predicted molar refractivity (Wildman–Crippen MR) is 86.2 cm³/mol. The van der Waals surface area contributed by atoms with Crippen LogP contribution >= 0.6 is 15.9 Å². The molecule has 0 bridgehead atoms. The zero-order valence-corrected chi connectivity index (χ0v) is 13.4. The van der Waals surface area contributed by atoms with Crippen molar-refractivity contribution in [1.29, 1.82) is 0 Å². The molecule has 22 heavy (non-hydrogen) atoms. The minimum Gasteiger partial charge on any atom is -0.507 e. The van der Waals surface area contributed by atoms with Gasteiger partial charge in [-0.3, -0.25) is 10.1 Å². The quantitative estimate of drug-likeness (QED) is 0.776. The van der Waals surface area contributed by atoms with Crippen molar-refractivity contribution in [3.8, 4) is 5.75 Å². The summed E-state index contributed by atoms with van der Waals surface area (Å²) >= 11 is 3.27. The Labute approximate surface area is 135 Å². The van der Waals surface area contributed by atoms with Gasteiger partial charge in [0.2, 0.25) is 11.9 Å². The van der Waals surface area contributed by atoms with Gasteiger partial charge in [-0.1, -0.05) is 15.9 Å². The average molecular weight is 366 g/mol. The van der Waals surface area contributed by atoms with Crippen molar-refractivity contribution in [1.82, 2.24) is 15.2 Å². The van der Waals surface area contributed by atoms with Gasteiger partial charge < -0.3 is 10.0 Å². The zero-order valence-electron chi connectivity index (χ0n) is 11.8. The lowest BCUT2D eigenvalue weighted by atomic mass is 10.1. The standard InChI is InChI=1S/C14H16BrN5O2/c15-9-4-5-11(21)10(8-9)12(22)16-13-17-14(19-18-13)20-6-2-1-3-7-20/h4-5,8,21H,1-3,6-7H2,(H2,16,17,18,19,22). The monoisotopic (exact) mass is 365 g/mol. The summed E-state index contributed by atoms with van der Waals surface area (Å²) in [6.45, 7) is 1.86. The summed E-state index contributed by atoms with van der Waals surface area (Å²) < 4.78 is 0.710. The molecule has 1 saturated heterocycles. The van der Waals surface area contributed by atoms with Gasteiger partial charge in [-0.2, -0.15) is 4.98 Å². The summed E-state index contributed by atoms with van der Waals surface area (Å²) in [4.78, 5) is 18.6. The molecule has 1 aliphatic rings. The van der Waals surface area contributed by atoms with E-state index in [1.54, 1.807) is 12.1 Å². The SMILES string of the molecule is O=C(Nc1nc(N2CCCCC2)n[nH]1)c1cc(Br)ccc1O. The second kappa shape index (κ2) is 6.35. The molecule has 1 aliphatic heterocycles. The van der Waals surface area contributed by atoms with Crippen LogP contribution in [0.4, 0.5) is 11.9 Å². The number of piperidine rings is 1. The van der Waals surface area contributed by atoms with Crippen molar-refractivity contribution in [3.05, 3.63) is 28.2 Å². The van der Waals surface area contributed by atoms with Crippen LogP contribution in [0.3, 0.4) is 0 Å². The first-order chi connectivity index (χ1) is 10.6. The third-order valence-corrected chi connectivity index (χ3v) is 4.04. The number of nitrogens with zero attached hydrogens (tertiary/aromatic N) is 3. The number of carbonyl (C=O) groups is 1. The van der Waals surface area contributed by atoms with Gasteiger partial charge in [0.25, 0.3) is 5.91 Å². The van der Waals surface area contributed by atoms with Gasteiger partial charge in [0.1, 0.15) is 5.75 Å². The van der Waals surface area contributed by atoms with E-state index in [9.17, 15) is 9.90 Å². The Morgan fingerprint density at radius 1 is 1.32 bits per heavy atom. The number of hydrogen-bond acceptors (Lipinski definition) is 5. The number of H-pyrrole nitrogens is 1. The number of anilines is 2. The van der Waals surface area contributed by atoms with Crippen LogP contribution in [0.15, 0.2) is 22.7 Å². The molecule has 3 N–H and O–H groups in total. The van der Waals surface area contributed by atoms with Crippen molar-refractivity contribution in [2.24, 2.45) is 0 Å². The van der Waals surface area contributed by atoms with E-state index >= 15 is 0 Å². The molecule has 2 heterocycles. The number of amides is 1. The molecule has 1 aromatic carbocycles. The summed E-state index contributed by atoms with van der Waals surface area (Å²) in [5.41, 5.74) is 0.172. The topological polar surface area (TPSA) is 94.1 Å². The maximum Gasteiger partial charge on any atom is 0.261 e. The van der Waals surface area contributed by atoms with E-state index in [0.29, 0.717) is 10.4 Å². The number of carbonyl (C=O) groups excluding carboxylic acids is 1. The molecule has 0 aliphatic carbocycles. The Morgan fingerprint density at radius 2 is 2.09 bits per heavy atom. The Kier molecular flexibility index (Phi) is 4.28. The fraction of sp³-hybridized carbons (Fsp3) is 0.357. The van der Waals surface area contributed by atoms with Gasteiger partial charge >= 0.3 is 0 Å². The van der Waals surface area contributed by atoms with Crippen molar-refractivity contribution in [2.45, 2.75) is 19.3 Å². The second-order valence-electron chi connectivity index (χ2n) is 5.15. The van der Waals surface area contributed by atoms with E-state index in [-0.39, 0.29) is 17.3 Å². The number of nitrogens with one attached hydrogen (secondary N) is 2. The zero-order chi connectivity index (χ0) is 15.5. The molecule has 7 nitrogen and oxygen atoms in total. The van der Waals surface area contributed by atoms with Gasteiger partial charge in [0.05, 0.1) is 5.56 Å².